The molecule has 0 atom stereocenters. The molecule has 740 valence electrons. The number of aryl methyl sites for hydroxylation is 8. The van der Waals surface area contributed by atoms with E-state index >= 15 is 0 Å². The van der Waals surface area contributed by atoms with Crippen LogP contribution in [-0.4, -0.2) is 83.1 Å². The molecule has 14 heteroatoms. The van der Waals surface area contributed by atoms with Gasteiger partial charge in [0.05, 0.1) is 0 Å². The van der Waals surface area contributed by atoms with Crippen molar-refractivity contribution >= 4 is 17.9 Å². The zero-order chi connectivity index (χ0) is 97.7. The van der Waals surface area contributed by atoms with Crippen molar-refractivity contribution < 1.29 is 68.3 Å². The first kappa shape index (κ1) is 109. The van der Waals surface area contributed by atoms with Crippen molar-refractivity contribution in [3.05, 3.63) is 267 Å². The molecule has 0 saturated heterocycles. The van der Waals surface area contributed by atoms with Crippen LogP contribution in [-0.2, 0) is 131 Å². The molecule has 16 bridgehead atoms. The summed E-state index contributed by atoms with van der Waals surface area (Å²) in [5.41, 5.74) is 24.4. The van der Waals surface area contributed by atoms with E-state index in [0.717, 1.165) is 288 Å². The fraction of sp³-hybridized carbons (Fsp3) is 0.533. The fourth-order valence-electron chi connectivity index (χ4n) is 19.4. The smallest absolute Gasteiger partial charge is 0.333 e. The molecule has 8 aromatic carbocycles. The van der Waals surface area contributed by atoms with Crippen LogP contribution in [0, 0.1) is 0 Å². The highest BCUT2D eigenvalue weighted by Crippen LogP contribution is 2.45. The van der Waals surface area contributed by atoms with Crippen LogP contribution in [0.5, 0.6) is 46.0 Å². The molecule has 0 unspecified atom stereocenters. The van der Waals surface area contributed by atoms with Gasteiger partial charge in [0.25, 0.3) is 0 Å². The molecule has 5 N–H and O–H groups in total. The van der Waals surface area contributed by atoms with E-state index in [4.69, 9.17) is 28.4 Å². The second kappa shape index (κ2) is 59.2. The predicted octanol–water partition coefficient (Wildman–Crippen LogP) is 29.7. The second-order valence-electron chi connectivity index (χ2n) is 39.2. The Kier molecular flexibility index (Phi) is 47.6. The minimum atomic E-state index is -0.461. The lowest BCUT2D eigenvalue weighted by Gasteiger charge is -2.23. The Hall–Kier alpha value is -10.2. The van der Waals surface area contributed by atoms with E-state index in [1.165, 1.54) is 102 Å². The average molecular weight is 1860 g/mol. The monoisotopic (exact) mass is 1860 g/mol. The van der Waals surface area contributed by atoms with Crippen molar-refractivity contribution in [1.82, 2.24) is 0 Å². The quantitative estimate of drug-likeness (QED) is 0.0104. The van der Waals surface area contributed by atoms with Gasteiger partial charge in [-0.3, -0.25) is 0 Å². The third kappa shape index (κ3) is 35.0. The van der Waals surface area contributed by atoms with Crippen LogP contribution in [0.2, 0.25) is 0 Å². The zero-order valence-electron chi connectivity index (χ0n) is 85.5. The molecular formula is C122H168O14. The standard InChI is InChI=1S/C64H88O8.C58H80O6/c1-9-13-17-21-25-47-33-51-41-55-37-49(27-23-19-15-11-3)39-57(61(55)69-29-31-71-63(67)45(5)6)43-53-35-48(26-22-18-14-10-2)36-54(60(53)66)44-58-40-50(28-24-20-16-12-4)38-56(42-52(34-47)59(51)65)62(58)70-30-32-72-64(68)46(7)8;1-7-11-15-19-23-42-29-46-37-48-31-43(24-20-16-12-8-2)33-50(55(48)60)39-52-35-45(26-22-18-14-10-4)36-53(57(52)63-27-28-64-58(62)41(5)6)40-51-34-44(25-21-17-13-9-3)32-49(56(51)61)38-47(30-42)54(46)59/h33-40,65-66H,5,7,9-32,41-44H2,1-4,6,8H3;29-36,59-61H,5,7-28,37-40H2,1-4,6H3. The van der Waals surface area contributed by atoms with Gasteiger partial charge in [0, 0.05) is 68.1 Å². The minimum absolute atomic E-state index is 0.0493. The van der Waals surface area contributed by atoms with Gasteiger partial charge < -0.3 is 54.0 Å². The first-order chi connectivity index (χ1) is 65.9. The second-order valence-corrected chi connectivity index (χ2v) is 39.2. The summed E-state index contributed by atoms with van der Waals surface area (Å²) < 4.78 is 36.9. The Morgan fingerprint density at radius 1 is 0.213 bits per heavy atom. The van der Waals surface area contributed by atoms with Crippen LogP contribution >= 0.6 is 0 Å². The van der Waals surface area contributed by atoms with E-state index in [2.05, 4.69) is 172 Å². The highest BCUT2D eigenvalue weighted by atomic mass is 16.6. The van der Waals surface area contributed by atoms with Gasteiger partial charge in [-0.25, -0.2) is 14.4 Å². The lowest BCUT2D eigenvalue weighted by Crippen LogP contribution is -2.15. The number of carbonyl (C=O) groups excluding carboxylic acids is 3. The van der Waals surface area contributed by atoms with Crippen LogP contribution < -0.4 is 14.2 Å². The van der Waals surface area contributed by atoms with Crippen LogP contribution in [0.25, 0.3) is 0 Å². The van der Waals surface area contributed by atoms with Crippen molar-refractivity contribution in [3.63, 3.8) is 0 Å². The lowest BCUT2D eigenvalue weighted by molar-refractivity contribution is -0.140. The normalized spacial score (nSPS) is 12.2. The summed E-state index contributed by atoms with van der Waals surface area (Å²) >= 11 is 0. The molecule has 0 aliphatic heterocycles. The number of phenolic OH excluding ortho intramolecular Hbond substituents is 5. The summed E-state index contributed by atoms with van der Waals surface area (Å²) in [7, 11) is 0. The van der Waals surface area contributed by atoms with Gasteiger partial charge in [-0.2, -0.15) is 0 Å². The van der Waals surface area contributed by atoms with E-state index in [1.807, 2.05) is 0 Å². The Bertz CT molecular complexity index is 4790. The molecule has 0 radical (unpaired) electrons. The van der Waals surface area contributed by atoms with Crippen LogP contribution in [0.1, 0.15) is 415 Å². The predicted molar refractivity (Wildman–Crippen MR) is 559 cm³/mol. The maximum Gasteiger partial charge on any atom is 0.333 e. The number of hydrogen-bond donors (Lipinski definition) is 5. The fourth-order valence-corrected chi connectivity index (χ4v) is 19.4. The number of hydrogen-bond acceptors (Lipinski definition) is 14. The molecule has 2 aliphatic rings. The zero-order valence-corrected chi connectivity index (χ0v) is 85.5. The highest BCUT2D eigenvalue weighted by molar-refractivity contribution is 5.88. The average Bonchev–Trinajstić information content (AvgIpc) is 0.774. The van der Waals surface area contributed by atoms with Crippen LogP contribution in [0.15, 0.2) is 134 Å². The van der Waals surface area contributed by atoms with Gasteiger partial charge in [-0.1, -0.05) is 326 Å². The minimum Gasteiger partial charge on any atom is -0.507 e. The van der Waals surface area contributed by atoms with Gasteiger partial charge in [-0.15, -0.1) is 0 Å². The maximum atomic E-state index is 12.7. The van der Waals surface area contributed by atoms with Gasteiger partial charge >= 0.3 is 17.9 Å². The number of esters is 3. The Balaban J connectivity index is 0.000000307. The largest absolute Gasteiger partial charge is 0.507 e. The SMILES string of the molecule is C=C(C)C(=O)OCCOc1c2cc(CCCCCC)cc1Cc1cc(CCCCCC)cc(c1O)Cc1cc(CCCCCC)cc(c1O)Cc1cc(CCCCCC)cc(c1O)C2.C=C(C)C(=O)OCCOc1c2cc(CCCCCC)cc1Cc1cc(CCCCCC)cc(c1O)Cc1cc(CCCCCC)cc(c1OCCOC(=O)C(=C)C)Cc1cc(CCCCCC)cc(c1O)C2. The summed E-state index contributed by atoms with van der Waals surface area (Å²) in [6.45, 7) is 34.6. The first-order valence-corrected chi connectivity index (χ1v) is 52.9. The molecule has 0 saturated carbocycles. The number of benzene rings is 8. The van der Waals surface area contributed by atoms with Crippen molar-refractivity contribution in [3.8, 4) is 46.0 Å². The van der Waals surface area contributed by atoms with Gasteiger partial charge in [0.2, 0.25) is 0 Å². The van der Waals surface area contributed by atoms with Gasteiger partial charge in [-0.05, 0) is 257 Å². The number of phenols is 5. The van der Waals surface area contributed by atoms with Crippen molar-refractivity contribution in [1.29, 1.82) is 0 Å². The van der Waals surface area contributed by atoms with Crippen molar-refractivity contribution in [2.75, 3.05) is 39.6 Å². The van der Waals surface area contributed by atoms with E-state index in [-0.39, 0.29) is 68.4 Å². The summed E-state index contributed by atoms with van der Waals surface area (Å²) in [6, 6.07) is 35.2. The van der Waals surface area contributed by atoms with Crippen molar-refractivity contribution in [2.45, 2.75) is 384 Å². The van der Waals surface area contributed by atoms with Crippen LogP contribution in [0.3, 0.4) is 0 Å². The molecule has 8 aromatic rings. The first-order valence-electron chi connectivity index (χ1n) is 52.9. The summed E-state index contributed by atoms with van der Waals surface area (Å²) in [4.78, 5) is 37.4. The number of fused-ring (bicyclic) bond motifs is 16. The van der Waals surface area contributed by atoms with Crippen molar-refractivity contribution in [2.24, 2.45) is 0 Å². The Labute approximate surface area is 818 Å². The van der Waals surface area contributed by atoms with E-state index in [9.17, 15) is 39.9 Å². The summed E-state index contributed by atoms with van der Waals surface area (Å²) in [5.74, 6) is 1.97. The lowest BCUT2D eigenvalue weighted by atomic mass is 9.87. The number of carbonyl (C=O) groups is 3. The number of aromatic hydroxyl groups is 5. The van der Waals surface area contributed by atoms with E-state index in [1.54, 1.807) is 20.8 Å². The summed E-state index contributed by atoms with van der Waals surface area (Å²) in [6.07, 6.45) is 46.7. The Morgan fingerprint density at radius 2 is 0.346 bits per heavy atom. The third-order valence-corrected chi connectivity index (χ3v) is 26.9. The highest BCUT2D eigenvalue weighted by Gasteiger charge is 2.28. The van der Waals surface area contributed by atoms with E-state index in [0.29, 0.717) is 85.3 Å². The summed E-state index contributed by atoms with van der Waals surface area (Å²) in [5, 5.41) is 62.2. The molecule has 0 aromatic heterocycles. The topological polar surface area (TPSA) is 208 Å². The van der Waals surface area contributed by atoms with Gasteiger partial charge in [0.15, 0.2) is 0 Å². The molecule has 0 amide bonds. The Morgan fingerprint density at radius 3 is 0.478 bits per heavy atom. The number of rotatable bonds is 55. The van der Waals surface area contributed by atoms with E-state index < -0.39 is 17.9 Å². The number of ether oxygens (including phenoxy) is 6. The molecule has 10 rings (SSSR count). The molecular weight excluding hydrogens is 1690 g/mol. The molecule has 0 heterocycles. The molecule has 14 nitrogen and oxygen atoms in total. The van der Waals surface area contributed by atoms with Crippen LogP contribution in [0.4, 0.5) is 0 Å². The molecule has 136 heavy (non-hydrogen) atoms. The molecule has 0 fully saturated rings. The third-order valence-electron chi connectivity index (χ3n) is 26.9. The molecule has 0 spiro atoms. The maximum absolute atomic E-state index is 12.7. The number of unbranched alkanes of at least 4 members (excludes halogenated alkanes) is 24. The molecule has 2 aliphatic carbocycles. The van der Waals surface area contributed by atoms with Gasteiger partial charge in [0.1, 0.15) is 85.6 Å².